The molecular formula is C21H36N4O4. The Morgan fingerprint density at radius 3 is 1.93 bits per heavy atom. The van der Waals surface area contributed by atoms with Crippen molar-refractivity contribution in [2.24, 2.45) is 35.1 Å². The molecule has 0 saturated heterocycles. The predicted molar refractivity (Wildman–Crippen MR) is 109 cm³/mol. The second kappa shape index (κ2) is 11.2. The summed E-state index contributed by atoms with van der Waals surface area (Å²) in [5.74, 6) is -1.15. The average molecular weight is 409 g/mol. The molecule has 0 heterocycles. The molecule has 4 unspecified atom stereocenters. The number of nitrogens with zero attached hydrogens (tertiary/aromatic N) is 1. The van der Waals surface area contributed by atoms with Crippen molar-refractivity contribution in [2.45, 2.75) is 64.2 Å². The molecule has 4 atom stereocenters. The van der Waals surface area contributed by atoms with Crippen LogP contribution < -0.4 is 16.8 Å². The van der Waals surface area contributed by atoms with Crippen molar-refractivity contribution in [3.05, 3.63) is 0 Å². The average Bonchev–Trinajstić information content (AvgIpc) is 2.72. The third kappa shape index (κ3) is 7.01. The SMILES string of the molecule is CN(CCCCNC(=O)C1CCCC(C(N)=O)C1)C(=O)C1CCCC(C(N)=O)C1. The van der Waals surface area contributed by atoms with E-state index in [1.807, 2.05) is 0 Å². The number of hydrogen-bond acceptors (Lipinski definition) is 4. The van der Waals surface area contributed by atoms with Crippen LogP contribution in [0.2, 0.25) is 0 Å². The lowest BCUT2D eigenvalue weighted by Crippen LogP contribution is -2.39. The normalized spacial score (nSPS) is 27.1. The fraction of sp³-hybridized carbons (Fsp3) is 0.810. The highest BCUT2D eigenvalue weighted by molar-refractivity contribution is 5.82. The van der Waals surface area contributed by atoms with E-state index >= 15 is 0 Å². The van der Waals surface area contributed by atoms with E-state index in [1.54, 1.807) is 11.9 Å². The quantitative estimate of drug-likeness (QED) is 0.489. The summed E-state index contributed by atoms with van der Waals surface area (Å²) < 4.78 is 0. The third-order valence-corrected chi connectivity index (χ3v) is 6.47. The molecule has 4 amide bonds. The summed E-state index contributed by atoms with van der Waals surface area (Å²) >= 11 is 0. The molecule has 0 bridgehead atoms. The molecular weight excluding hydrogens is 372 g/mol. The Bertz CT molecular complexity index is 609. The van der Waals surface area contributed by atoms with Crippen LogP contribution in [0, 0.1) is 23.7 Å². The largest absolute Gasteiger partial charge is 0.369 e. The summed E-state index contributed by atoms with van der Waals surface area (Å²) in [7, 11) is 1.79. The monoisotopic (exact) mass is 408 g/mol. The maximum Gasteiger partial charge on any atom is 0.225 e. The smallest absolute Gasteiger partial charge is 0.225 e. The molecule has 0 aromatic carbocycles. The van der Waals surface area contributed by atoms with E-state index < -0.39 is 0 Å². The Morgan fingerprint density at radius 2 is 1.34 bits per heavy atom. The topological polar surface area (TPSA) is 136 Å². The van der Waals surface area contributed by atoms with Crippen molar-refractivity contribution >= 4 is 23.6 Å². The molecule has 0 aliphatic heterocycles. The molecule has 164 valence electrons. The van der Waals surface area contributed by atoms with Gasteiger partial charge < -0.3 is 21.7 Å². The summed E-state index contributed by atoms with van der Waals surface area (Å²) in [5.41, 5.74) is 10.8. The van der Waals surface area contributed by atoms with Gasteiger partial charge in [-0.15, -0.1) is 0 Å². The van der Waals surface area contributed by atoms with E-state index in [9.17, 15) is 19.2 Å². The van der Waals surface area contributed by atoms with Gasteiger partial charge in [-0.3, -0.25) is 19.2 Å². The van der Waals surface area contributed by atoms with Crippen molar-refractivity contribution in [1.82, 2.24) is 10.2 Å². The highest BCUT2D eigenvalue weighted by atomic mass is 16.2. The molecule has 0 spiro atoms. The summed E-state index contributed by atoms with van der Waals surface area (Å²) in [4.78, 5) is 49.4. The Kier molecular flexibility index (Phi) is 8.92. The van der Waals surface area contributed by atoms with Crippen LogP contribution in [0.3, 0.4) is 0 Å². The molecule has 2 rings (SSSR count). The van der Waals surface area contributed by atoms with Crippen LogP contribution in [0.4, 0.5) is 0 Å². The molecule has 2 aliphatic carbocycles. The molecule has 2 saturated carbocycles. The number of carbonyl (C=O) groups excluding carboxylic acids is 4. The van der Waals surface area contributed by atoms with Crippen LogP contribution in [-0.2, 0) is 19.2 Å². The zero-order valence-corrected chi connectivity index (χ0v) is 17.5. The van der Waals surface area contributed by atoms with E-state index in [-0.39, 0.29) is 47.3 Å². The summed E-state index contributed by atoms with van der Waals surface area (Å²) in [5, 5.41) is 2.95. The van der Waals surface area contributed by atoms with Gasteiger partial charge in [-0.25, -0.2) is 0 Å². The van der Waals surface area contributed by atoms with Gasteiger partial charge in [-0.05, 0) is 51.4 Å². The number of nitrogens with two attached hydrogens (primary N) is 2. The summed E-state index contributed by atoms with van der Waals surface area (Å²) in [6.07, 6.45) is 7.58. The molecule has 29 heavy (non-hydrogen) atoms. The molecule has 8 nitrogen and oxygen atoms in total. The zero-order valence-electron chi connectivity index (χ0n) is 17.5. The maximum atomic E-state index is 12.6. The number of nitrogens with one attached hydrogen (secondary N) is 1. The lowest BCUT2D eigenvalue weighted by molar-refractivity contribution is -0.137. The van der Waals surface area contributed by atoms with Crippen LogP contribution in [0.1, 0.15) is 64.2 Å². The lowest BCUT2D eigenvalue weighted by Gasteiger charge is -2.30. The second-order valence-electron chi connectivity index (χ2n) is 8.68. The Morgan fingerprint density at radius 1 is 0.828 bits per heavy atom. The van der Waals surface area contributed by atoms with Crippen LogP contribution >= 0.6 is 0 Å². The minimum Gasteiger partial charge on any atom is -0.369 e. The van der Waals surface area contributed by atoms with Gasteiger partial charge >= 0.3 is 0 Å². The number of rotatable bonds is 9. The van der Waals surface area contributed by atoms with E-state index in [0.29, 0.717) is 25.9 Å². The summed E-state index contributed by atoms with van der Waals surface area (Å²) in [6, 6.07) is 0. The molecule has 5 N–H and O–H groups in total. The molecule has 2 aliphatic rings. The van der Waals surface area contributed by atoms with Gasteiger partial charge in [-0.2, -0.15) is 0 Å². The van der Waals surface area contributed by atoms with Gasteiger partial charge in [0.25, 0.3) is 0 Å². The van der Waals surface area contributed by atoms with Crippen LogP contribution in [0.5, 0.6) is 0 Å². The van der Waals surface area contributed by atoms with Gasteiger partial charge in [0.2, 0.25) is 23.6 Å². The van der Waals surface area contributed by atoms with Crippen molar-refractivity contribution in [3.63, 3.8) is 0 Å². The molecule has 0 radical (unpaired) electrons. The van der Waals surface area contributed by atoms with Crippen molar-refractivity contribution in [1.29, 1.82) is 0 Å². The van der Waals surface area contributed by atoms with E-state index in [4.69, 9.17) is 11.5 Å². The number of primary amides is 2. The zero-order chi connectivity index (χ0) is 21.4. The first kappa shape index (κ1) is 23.2. The van der Waals surface area contributed by atoms with Crippen molar-refractivity contribution < 1.29 is 19.2 Å². The fourth-order valence-corrected chi connectivity index (χ4v) is 4.61. The predicted octanol–water partition coefficient (Wildman–Crippen LogP) is 0.925. The van der Waals surface area contributed by atoms with Gasteiger partial charge in [-0.1, -0.05) is 12.8 Å². The van der Waals surface area contributed by atoms with E-state index in [0.717, 1.165) is 51.4 Å². The molecule has 0 aromatic heterocycles. The standard InChI is InChI=1S/C21H36N4O4/c1-25(21(29)17-9-5-7-15(13-17)19(23)27)11-3-2-10-24-20(28)16-8-4-6-14(12-16)18(22)26/h14-17H,2-13H2,1H3,(H2,22,26)(H2,23,27)(H,24,28). The Hall–Kier alpha value is -2.12. The van der Waals surface area contributed by atoms with E-state index in [1.165, 1.54) is 0 Å². The lowest BCUT2D eigenvalue weighted by atomic mass is 9.80. The number of unbranched alkanes of at least 4 members (excludes halogenated alkanes) is 1. The molecule has 8 heteroatoms. The Labute approximate surface area is 173 Å². The van der Waals surface area contributed by atoms with E-state index in [2.05, 4.69) is 5.32 Å². The second-order valence-corrected chi connectivity index (χ2v) is 8.68. The first-order chi connectivity index (χ1) is 13.8. The summed E-state index contributed by atoms with van der Waals surface area (Å²) in [6.45, 7) is 1.19. The Balaban J connectivity index is 1.63. The number of amides is 4. The number of hydrogen-bond donors (Lipinski definition) is 3. The third-order valence-electron chi connectivity index (χ3n) is 6.47. The maximum absolute atomic E-state index is 12.6. The highest BCUT2D eigenvalue weighted by Crippen LogP contribution is 2.30. The molecule has 2 fully saturated rings. The fourth-order valence-electron chi connectivity index (χ4n) is 4.61. The minimum atomic E-state index is -0.310. The van der Waals surface area contributed by atoms with Gasteiger partial charge in [0.1, 0.15) is 0 Å². The highest BCUT2D eigenvalue weighted by Gasteiger charge is 2.32. The minimum absolute atomic E-state index is 0.0000742. The number of carbonyl (C=O) groups is 4. The van der Waals surface area contributed by atoms with Crippen molar-refractivity contribution in [2.75, 3.05) is 20.1 Å². The first-order valence-corrected chi connectivity index (χ1v) is 10.9. The van der Waals surface area contributed by atoms with Crippen LogP contribution in [-0.4, -0.2) is 48.7 Å². The first-order valence-electron chi connectivity index (χ1n) is 10.9. The molecule has 0 aromatic rings. The van der Waals surface area contributed by atoms with Crippen LogP contribution in [0.15, 0.2) is 0 Å². The van der Waals surface area contributed by atoms with Gasteiger partial charge in [0, 0.05) is 43.8 Å². The van der Waals surface area contributed by atoms with Crippen LogP contribution in [0.25, 0.3) is 0 Å². The van der Waals surface area contributed by atoms with Gasteiger partial charge in [0.15, 0.2) is 0 Å². The van der Waals surface area contributed by atoms with Gasteiger partial charge in [0.05, 0.1) is 0 Å². The van der Waals surface area contributed by atoms with Crippen molar-refractivity contribution in [3.8, 4) is 0 Å².